The summed E-state index contributed by atoms with van der Waals surface area (Å²) in [4.78, 5) is 12.1. The maximum absolute atomic E-state index is 12.1. The Hall–Kier alpha value is -1.15. The Labute approximate surface area is 110 Å². The van der Waals surface area contributed by atoms with Crippen molar-refractivity contribution in [2.75, 3.05) is 6.54 Å². The van der Waals surface area contributed by atoms with Crippen molar-refractivity contribution in [3.05, 3.63) is 35.4 Å². The molecule has 0 radical (unpaired) electrons. The summed E-state index contributed by atoms with van der Waals surface area (Å²) in [6.07, 6.45) is 4.11. The van der Waals surface area contributed by atoms with Gasteiger partial charge in [0.25, 0.3) is 0 Å². The van der Waals surface area contributed by atoms with E-state index in [0.29, 0.717) is 18.4 Å². The topological polar surface area (TPSA) is 29.1 Å². The van der Waals surface area contributed by atoms with Crippen molar-refractivity contribution >= 4 is 5.78 Å². The van der Waals surface area contributed by atoms with Crippen molar-refractivity contribution in [1.82, 2.24) is 5.32 Å². The Morgan fingerprint density at radius 1 is 1.39 bits per heavy atom. The summed E-state index contributed by atoms with van der Waals surface area (Å²) in [6, 6.07) is 8.57. The molecule has 18 heavy (non-hydrogen) atoms. The zero-order chi connectivity index (χ0) is 13.0. The summed E-state index contributed by atoms with van der Waals surface area (Å²) in [5.41, 5.74) is 2.18. The van der Waals surface area contributed by atoms with Gasteiger partial charge in [-0.05, 0) is 37.3 Å². The maximum Gasteiger partial charge on any atom is 0.164 e. The third-order valence-electron chi connectivity index (χ3n) is 4.01. The molecule has 0 saturated carbocycles. The molecule has 1 aromatic rings. The first-order valence-electron chi connectivity index (χ1n) is 7.07. The van der Waals surface area contributed by atoms with Crippen LogP contribution in [0.5, 0.6) is 0 Å². The zero-order valence-electron chi connectivity index (χ0n) is 11.4. The second-order valence-electron chi connectivity index (χ2n) is 5.35. The van der Waals surface area contributed by atoms with Gasteiger partial charge in [0.15, 0.2) is 5.78 Å². The standard InChI is InChI=1S/C16H23NO/c1-3-12(2)13-6-8-14(9-7-13)16(18)11-15-5-4-10-17-15/h6-9,12,15,17H,3-5,10-11H2,1-2H3. The molecule has 2 nitrogen and oxygen atoms in total. The first kappa shape index (κ1) is 13.3. The average molecular weight is 245 g/mol. The number of benzene rings is 1. The van der Waals surface area contributed by atoms with Crippen LogP contribution in [-0.2, 0) is 0 Å². The number of rotatable bonds is 5. The number of carbonyl (C=O) groups excluding carboxylic acids is 1. The molecule has 0 spiro atoms. The van der Waals surface area contributed by atoms with Crippen molar-refractivity contribution in [2.45, 2.75) is 51.5 Å². The largest absolute Gasteiger partial charge is 0.314 e. The summed E-state index contributed by atoms with van der Waals surface area (Å²) >= 11 is 0. The predicted molar refractivity (Wildman–Crippen MR) is 75.1 cm³/mol. The van der Waals surface area contributed by atoms with E-state index in [1.807, 2.05) is 12.1 Å². The fourth-order valence-electron chi connectivity index (χ4n) is 2.51. The lowest BCUT2D eigenvalue weighted by atomic mass is 9.95. The Bertz CT molecular complexity index is 390. The van der Waals surface area contributed by atoms with Gasteiger partial charge in [0.2, 0.25) is 0 Å². The molecule has 1 fully saturated rings. The van der Waals surface area contributed by atoms with Gasteiger partial charge < -0.3 is 5.32 Å². The van der Waals surface area contributed by atoms with E-state index in [4.69, 9.17) is 0 Å². The Morgan fingerprint density at radius 3 is 2.67 bits per heavy atom. The number of carbonyl (C=O) groups is 1. The van der Waals surface area contributed by atoms with Crippen LogP contribution in [0.1, 0.15) is 61.4 Å². The third-order valence-corrected chi connectivity index (χ3v) is 4.01. The van der Waals surface area contributed by atoms with Gasteiger partial charge in [0, 0.05) is 18.0 Å². The molecular weight excluding hydrogens is 222 g/mol. The minimum atomic E-state index is 0.269. The normalized spacial score (nSPS) is 20.9. The van der Waals surface area contributed by atoms with E-state index in [0.717, 1.165) is 24.9 Å². The van der Waals surface area contributed by atoms with Crippen molar-refractivity contribution in [3.63, 3.8) is 0 Å². The summed E-state index contributed by atoms with van der Waals surface area (Å²) < 4.78 is 0. The molecule has 2 atom stereocenters. The summed E-state index contributed by atoms with van der Waals surface area (Å²) in [5, 5.41) is 3.38. The highest BCUT2D eigenvalue weighted by atomic mass is 16.1. The monoisotopic (exact) mass is 245 g/mol. The minimum Gasteiger partial charge on any atom is -0.314 e. The van der Waals surface area contributed by atoms with Crippen molar-refractivity contribution in [3.8, 4) is 0 Å². The van der Waals surface area contributed by atoms with Crippen molar-refractivity contribution in [2.24, 2.45) is 0 Å². The van der Waals surface area contributed by atoms with Gasteiger partial charge >= 0.3 is 0 Å². The number of hydrogen-bond donors (Lipinski definition) is 1. The van der Waals surface area contributed by atoms with Crippen LogP contribution in [0, 0.1) is 0 Å². The summed E-state index contributed by atoms with van der Waals surface area (Å²) in [7, 11) is 0. The van der Waals surface area contributed by atoms with E-state index in [2.05, 4.69) is 31.3 Å². The smallest absolute Gasteiger partial charge is 0.164 e. The molecule has 1 saturated heterocycles. The highest BCUT2D eigenvalue weighted by Gasteiger charge is 2.18. The van der Waals surface area contributed by atoms with Crippen LogP contribution in [0.3, 0.4) is 0 Å². The van der Waals surface area contributed by atoms with E-state index in [1.54, 1.807) is 0 Å². The van der Waals surface area contributed by atoms with Crippen LogP contribution in [0.4, 0.5) is 0 Å². The number of nitrogens with one attached hydrogen (secondary N) is 1. The van der Waals surface area contributed by atoms with Crippen LogP contribution in [0.15, 0.2) is 24.3 Å². The quantitative estimate of drug-likeness (QED) is 0.804. The maximum atomic E-state index is 12.1. The summed E-state index contributed by atoms with van der Waals surface area (Å²) in [6.45, 7) is 5.47. The lowest BCUT2D eigenvalue weighted by Gasteiger charge is -2.11. The molecule has 1 aliphatic rings. The van der Waals surface area contributed by atoms with Crippen LogP contribution in [-0.4, -0.2) is 18.4 Å². The SMILES string of the molecule is CCC(C)c1ccc(C(=O)CC2CCCN2)cc1. The van der Waals surface area contributed by atoms with E-state index >= 15 is 0 Å². The molecule has 1 aromatic carbocycles. The lowest BCUT2D eigenvalue weighted by Crippen LogP contribution is -2.24. The molecule has 0 aromatic heterocycles. The first-order chi connectivity index (χ1) is 8.70. The summed E-state index contributed by atoms with van der Waals surface area (Å²) in [5.74, 6) is 0.843. The lowest BCUT2D eigenvalue weighted by molar-refractivity contribution is 0.0971. The van der Waals surface area contributed by atoms with E-state index < -0.39 is 0 Å². The Morgan fingerprint density at radius 2 is 2.11 bits per heavy atom. The fraction of sp³-hybridized carbons (Fsp3) is 0.562. The molecule has 1 aliphatic heterocycles. The Kier molecular flexibility index (Phi) is 4.54. The van der Waals surface area contributed by atoms with Crippen molar-refractivity contribution in [1.29, 1.82) is 0 Å². The number of Topliss-reactive ketones (excluding diaryl/α,β-unsaturated/α-hetero) is 1. The second kappa shape index (κ2) is 6.14. The van der Waals surface area contributed by atoms with E-state index in [9.17, 15) is 4.79 Å². The molecule has 2 rings (SSSR count). The van der Waals surface area contributed by atoms with Gasteiger partial charge in [0.05, 0.1) is 0 Å². The van der Waals surface area contributed by atoms with Crippen LogP contribution in [0.2, 0.25) is 0 Å². The van der Waals surface area contributed by atoms with Gasteiger partial charge in [-0.25, -0.2) is 0 Å². The number of ketones is 1. The molecule has 1 N–H and O–H groups in total. The highest BCUT2D eigenvalue weighted by molar-refractivity contribution is 5.96. The van der Waals surface area contributed by atoms with Crippen molar-refractivity contribution < 1.29 is 4.79 Å². The fourth-order valence-corrected chi connectivity index (χ4v) is 2.51. The Balaban J connectivity index is 1.97. The first-order valence-corrected chi connectivity index (χ1v) is 7.07. The van der Waals surface area contributed by atoms with Gasteiger partial charge in [-0.1, -0.05) is 38.1 Å². The van der Waals surface area contributed by atoms with Crippen LogP contribution in [0.25, 0.3) is 0 Å². The predicted octanol–water partition coefficient (Wildman–Crippen LogP) is 3.52. The molecule has 1 heterocycles. The molecule has 0 amide bonds. The molecule has 0 bridgehead atoms. The highest BCUT2D eigenvalue weighted by Crippen LogP contribution is 2.20. The van der Waals surface area contributed by atoms with Gasteiger partial charge in [-0.15, -0.1) is 0 Å². The van der Waals surface area contributed by atoms with Crippen LogP contribution < -0.4 is 5.32 Å². The minimum absolute atomic E-state index is 0.269. The molecule has 2 heteroatoms. The van der Waals surface area contributed by atoms with Gasteiger partial charge in [-0.3, -0.25) is 4.79 Å². The molecule has 98 valence electrons. The van der Waals surface area contributed by atoms with E-state index in [1.165, 1.54) is 12.0 Å². The molecule has 2 unspecified atom stereocenters. The second-order valence-corrected chi connectivity index (χ2v) is 5.35. The van der Waals surface area contributed by atoms with Crippen LogP contribution >= 0.6 is 0 Å². The average Bonchev–Trinajstić information content (AvgIpc) is 2.91. The number of hydrogen-bond acceptors (Lipinski definition) is 2. The third kappa shape index (κ3) is 3.20. The van der Waals surface area contributed by atoms with Gasteiger partial charge in [0.1, 0.15) is 0 Å². The molecule has 0 aliphatic carbocycles. The van der Waals surface area contributed by atoms with E-state index in [-0.39, 0.29) is 5.78 Å². The molecular formula is C16H23NO. The van der Waals surface area contributed by atoms with Gasteiger partial charge in [-0.2, -0.15) is 0 Å². The zero-order valence-corrected chi connectivity index (χ0v) is 11.4.